The lowest BCUT2D eigenvalue weighted by molar-refractivity contribution is 1.01. The lowest BCUT2D eigenvalue weighted by Crippen LogP contribution is -2.05. The van der Waals surface area contributed by atoms with Crippen LogP contribution in [-0.4, -0.2) is 18.7 Å². The molecule has 238 valence electrons. The van der Waals surface area contributed by atoms with Crippen molar-refractivity contribution >= 4 is 65.4 Å². The average molecular weight is 657 g/mol. The molecule has 4 heteroatoms. The number of aromatic nitrogens is 4. The van der Waals surface area contributed by atoms with Crippen molar-refractivity contribution < 1.29 is 8.22 Å². The van der Waals surface area contributed by atoms with Gasteiger partial charge in [-0.3, -0.25) is 9.13 Å². The predicted molar refractivity (Wildman–Crippen MR) is 213 cm³/mol. The molecule has 0 aliphatic rings. The molecule has 0 atom stereocenters. The Morgan fingerprint density at radius 2 is 0.686 bits per heavy atom. The third-order valence-corrected chi connectivity index (χ3v) is 10.1. The van der Waals surface area contributed by atoms with Gasteiger partial charge in [0, 0.05) is 37.9 Å². The van der Waals surface area contributed by atoms with Crippen LogP contribution >= 0.6 is 0 Å². The van der Waals surface area contributed by atoms with Crippen LogP contribution in [0.3, 0.4) is 0 Å². The van der Waals surface area contributed by atoms with Crippen LogP contribution in [0.1, 0.15) is 8.22 Å². The fourth-order valence-corrected chi connectivity index (χ4v) is 7.94. The number of hydrogen-bond donors (Lipinski definition) is 0. The van der Waals surface area contributed by atoms with Gasteiger partial charge in [0.25, 0.3) is 0 Å². The van der Waals surface area contributed by atoms with Crippen LogP contribution < -0.4 is 0 Å². The summed E-state index contributed by atoms with van der Waals surface area (Å²) in [6.07, 6.45) is 0. The minimum atomic E-state index is 0.377. The first-order chi connectivity index (χ1) is 27.7. The molecule has 0 fully saturated rings. The van der Waals surface area contributed by atoms with E-state index in [-0.39, 0.29) is 0 Å². The monoisotopic (exact) mass is 656 g/mol. The van der Waals surface area contributed by atoms with E-state index in [4.69, 9.17) is 13.2 Å². The molecule has 0 spiro atoms. The van der Waals surface area contributed by atoms with Gasteiger partial charge in [0.15, 0.2) is 0 Å². The van der Waals surface area contributed by atoms with Gasteiger partial charge in [0.1, 0.15) is 11.6 Å². The Labute approximate surface area is 302 Å². The summed E-state index contributed by atoms with van der Waals surface area (Å²) in [5.74, 6) is 1.27. The summed E-state index contributed by atoms with van der Waals surface area (Å²) < 4.78 is 57.2. The largest absolute Gasteiger partial charge is 0.309 e. The molecule has 0 saturated heterocycles. The van der Waals surface area contributed by atoms with Crippen LogP contribution in [0.15, 0.2) is 182 Å². The Morgan fingerprint density at radius 1 is 0.353 bits per heavy atom. The second-order valence-corrected chi connectivity index (χ2v) is 12.8. The van der Waals surface area contributed by atoms with Crippen molar-refractivity contribution in [1.82, 2.24) is 18.7 Å². The van der Waals surface area contributed by atoms with Gasteiger partial charge in [0.2, 0.25) is 0 Å². The van der Waals surface area contributed by atoms with Crippen molar-refractivity contribution in [2.45, 2.75) is 0 Å². The summed E-state index contributed by atoms with van der Waals surface area (Å²) >= 11 is 0. The summed E-state index contributed by atoms with van der Waals surface area (Å²) in [5, 5.41) is 5.23. The van der Waals surface area contributed by atoms with E-state index in [0.29, 0.717) is 47.9 Å². The van der Waals surface area contributed by atoms with Crippen LogP contribution in [0.5, 0.6) is 0 Å². The normalized spacial score (nSPS) is 13.6. The Hall–Kier alpha value is -6.91. The zero-order valence-corrected chi connectivity index (χ0v) is 27.1. The maximum absolute atomic E-state index is 8.48. The molecule has 0 aliphatic carbocycles. The molecule has 7 aromatic carbocycles. The number of rotatable bonds is 4. The lowest BCUT2D eigenvalue weighted by Gasteiger charge is -2.17. The highest BCUT2D eigenvalue weighted by Gasteiger charge is 2.20. The number of hydrogen-bond acceptors (Lipinski definition) is 1. The summed E-state index contributed by atoms with van der Waals surface area (Å²) in [5.41, 5.74) is 7.99. The summed E-state index contributed by atoms with van der Waals surface area (Å²) in [7, 11) is 0. The maximum atomic E-state index is 8.48. The molecule has 11 aromatic rings. The quantitative estimate of drug-likeness (QED) is 0.185. The van der Waals surface area contributed by atoms with Gasteiger partial charge in [-0.2, -0.15) is 0 Å². The molecule has 0 amide bonds. The van der Waals surface area contributed by atoms with E-state index in [9.17, 15) is 0 Å². The topological polar surface area (TPSA) is 27.7 Å². The molecular weight excluding hydrogens is 621 g/mol. The highest BCUT2D eigenvalue weighted by Crippen LogP contribution is 2.39. The Balaban J connectivity index is 1.27. The van der Waals surface area contributed by atoms with Crippen LogP contribution in [0.2, 0.25) is 0 Å². The number of pyridine rings is 1. The number of nitrogens with zero attached hydrogens (tertiary/aromatic N) is 4. The highest BCUT2D eigenvalue weighted by molar-refractivity contribution is 6.11. The molecule has 0 aliphatic heterocycles. The molecule has 0 bridgehead atoms. The van der Waals surface area contributed by atoms with E-state index in [1.54, 1.807) is 36.4 Å². The van der Waals surface area contributed by atoms with E-state index < -0.39 is 0 Å². The Morgan fingerprint density at radius 3 is 1.06 bits per heavy atom. The first-order valence-corrected chi connectivity index (χ1v) is 16.9. The van der Waals surface area contributed by atoms with Crippen molar-refractivity contribution in [2.75, 3.05) is 0 Å². The van der Waals surface area contributed by atoms with Gasteiger partial charge in [-0.15, -0.1) is 0 Å². The van der Waals surface area contributed by atoms with Crippen LogP contribution in [0.25, 0.3) is 93.9 Å². The maximum Gasteiger partial charge on any atom is 0.140 e. The van der Waals surface area contributed by atoms with Crippen molar-refractivity contribution in [3.8, 4) is 28.5 Å². The third-order valence-electron chi connectivity index (χ3n) is 10.1. The van der Waals surface area contributed by atoms with Gasteiger partial charge < -0.3 is 4.57 Å². The van der Waals surface area contributed by atoms with Crippen molar-refractivity contribution in [3.63, 3.8) is 0 Å². The van der Waals surface area contributed by atoms with E-state index in [1.165, 1.54) is 0 Å². The predicted octanol–water partition coefficient (Wildman–Crippen LogP) is 12.0. The van der Waals surface area contributed by atoms with Crippen molar-refractivity contribution in [2.24, 2.45) is 0 Å². The van der Waals surface area contributed by atoms with Crippen LogP contribution in [0, 0.1) is 0 Å². The summed E-state index contributed by atoms with van der Waals surface area (Å²) in [6, 6.07) is 48.2. The molecule has 0 unspecified atom stereocenters. The SMILES string of the molecule is [2H]c1ccc2c(c1)c1cc([2H])ccc1n2-c1cc(-c2ccccc2-n2c3ccc([2H])cc3c3cc([2H])ccc32)cc(-n2c3ccc([2H])cc3c3cc([2H])ccc32)n1. The zero-order chi connectivity index (χ0) is 38.7. The van der Waals surface area contributed by atoms with E-state index in [1.807, 2.05) is 84.9 Å². The fraction of sp³-hybridized carbons (Fsp3) is 0. The molecule has 4 nitrogen and oxygen atoms in total. The van der Waals surface area contributed by atoms with E-state index in [2.05, 4.69) is 38.0 Å². The molecule has 51 heavy (non-hydrogen) atoms. The Kier molecular flexibility index (Phi) is 4.80. The standard InChI is InChI=1S/C47H30N4/c1-8-22-39(49-40-23-9-2-16-33(40)34-17-3-10-24-41(34)49)32(15-1)31-29-46(50-42-25-11-4-18-35(42)36-19-5-12-26-43(36)50)48-47(30-31)51-44-27-13-6-20-37(44)38-21-7-14-28-45(38)51/h1-30H/i2D,3D,4D,5D,6D,7D. The zero-order valence-electron chi connectivity index (χ0n) is 33.1. The summed E-state index contributed by atoms with van der Waals surface area (Å²) in [4.78, 5) is 5.44. The number of fused-ring (bicyclic) bond motifs is 9. The van der Waals surface area contributed by atoms with Gasteiger partial charge in [-0.05, 0) is 60.2 Å². The van der Waals surface area contributed by atoms with Gasteiger partial charge in [-0.25, -0.2) is 4.98 Å². The van der Waals surface area contributed by atoms with Crippen molar-refractivity contribution in [3.05, 3.63) is 182 Å². The second kappa shape index (κ2) is 10.8. The van der Waals surface area contributed by atoms with Crippen LogP contribution in [-0.2, 0) is 0 Å². The summed E-state index contributed by atoms with van der Waals surface area (Å²) in [6.45, 7) is 0. The van der Waals surface area contributed by atoms with Gasteiger partial charge in [0.05, 0.1) is 47.0 Å². The fourth-order valence-electron chi connectivity index (χ4n) is 7.94. The van der Waals surface area contributed by atoms with Gasteiger partial charge in [-0.1, -0.05) is 127 Å². The number of para-hydroxylation sites is 7. The van der Waals surface area contributed by atoms with Gasteiger partial charge >= 0.3 is 0 Å². The highest BCUT2D eigenvalue weighted by atomic mass is 15.1. The molecule has 4 heterocycles. The van der Waals surface area contributed by atoms with Crippen molar-refractivity contribution in [1.29, 1.82) is 0 Å². The molecular formula is C47H30N4. The first kappa shape index (κ1) is 22.7. The molecule has 4 aromatic heterocycles. The van der Waals surface area contributed by atoms with E-state index >= 15 is 0 Å². The minimum absolute atomic E-state index is 0.377. The third kappa shape index (κ3) is 4.05. The van der Waals surface area contributed by atoms with Crippen LogP contribution in [0.4, 0.5) is 0 Å². The molecule has 0 saturated carbocycles. The second-order valence-electron chi connectivity index (χ2n) is 12.8. The smallest absolute Gasteiger partial charge is 0.140 e. The molecule has 11 rings (SSSR count). The minimum Gasteiger partial charge on any atom is -0.309 e. The molecule has 0 radical (unpaired) electrons. The van der Waals surface area contributed by atoms with E-state index in [0.717, 1.165) is 82.2 Å². The number of benzene rings is 7. The first-order valence-electron chi connectivity index (χ1n) is 19.9. The Bertz CT molecular complexity index is 3180. The average Bonchev–Trinajstić information content (AvgIpc) is 3.81. The lowest BCUT2D eigenvalue weighted by atomic mass is 10.0. The molecule has 0 N–H and O–H groups in total.